The number of nitrogens with zero attached hydrogens (tertiary/aromatic N) is 5. The number of anilines is 2. The van der Waals surface area contributed by atoms with E-state index < -0.39 is 0 Å². The van der Waals surface area contributed by atoms with Gasteiger partial charge in [-0.1, -0.05) is 24.3 Å². The first kappa shape index (κ1) is 15.0. The summed E-state index contributed by atoms with van der Waals surface area (Å²) < 4.78 is 6.32. The molecule has 0 saturated heterocycles. The van der Waals surface area contributed by atoms with Gasteiger partial charge in [-0.05, 0) is 40.3 Å². The molecule has 2 aromatic heterocycles. The Kier molecular flexibility index (Phi) is 3.70. The Morgan fingerprint density at radius 2 is 1.96 bits per heavy atom. The van der Waals surface area contributed by atoms with Crippen LogP contribution in [-0.4, -0.2) is 38.1 Å². The third-order valence-electron chi connectivity index (χ3n) is 3.82. The highest BCUT2D eigenvalue weighted by atomic mass is 16.5. The number of carbonyl (C=O) groups excluding carboxylic acids is 1. The van der Waals surface area contributed by atoms with Gasteiger partial charge in [0.05, 0.1) is 24.6 Å². The van der Waals surface area contributed by atoms with E-state index in [2.05, 4.69) is 30.6 Å². The van der Waals surface area contributed by atoms with Crippen molar-refractivity contribution >= 4 is 34.2 Å². The Hall–Kier alpha value is -3.55. The number of ether oxygens (including phenoxy) is 1. The number of nitrogens with one attached hydrogen (secondary N) is 1. The Labute approximate surface area is 142 Å². The molecule has 0 saturated carbocycles. The lowest BCUT2D eigenvalue weighted by Crippen LogP contribution is -2.04. The third-order valence-corrected chi connectivity index (χ3v) is 3.82. The van der Waals surface area contributed by atoms with Crippen molar-refractivity contribution in [1.29, 1.82) is 0 Å². The van der Waals surface area contributed by atoms with Gasteiger partial charge in [-0.15, -0.1) is 5.10 Å². The molecule has 0 spiro atoms. The number of hydrogen-bond acceptors (Lipinski definition) is 7. The van der Waals surface area contributed by atoms with E-state index in [1.54, 1.807) is 4.52 Å². The average molecular weight is 334 g/mol. The van der Waals surface area contributed by atoms with Crippen LogP contribution in [0.3, 0.4) is 0 Å². The van der Waals surface area contributed by atoms with E-state index in [0.29, 0.717) is 11.5 Å². The molecular formula is C17H14N6O2. The predicted octanol–water partition coefficient (Wildman–Crippen LogP) is 2.13. The minimum atomic E-state index is -0.270. The summed E-state index contributed by atoms with van der Waals surface area (Å²) >= 11 is 0. The second-order valence-electron chi connectivity index (χ2n) is 5.44. The summed E-state index contributed by atoms with van der Waals surface area (Å²) in [4.78, 5) is 15.9. The number of methoxy groups -OCH3 is 1. The first-order chi connectivity index (χ1) is 12.2. The van der Waals surface area contributed by atoms with Gasteiger partial charge in [0.1, 0.15) is 0 Å². The Morgan fingerprint density at radius 1 is 1.16 bits per heavy atom. The fraction of sp³-hybridized carbons (Fsp3) is 0.118. The van der Waals surface area contributed by atoms with Gasteiger partial charge in [-0.3, -0.25) is 4.79 Å². The molecule has 1 N–H and O–H groups in total. The summed E-state index contributed by atoms with van der Waals surface area (Å²) in [5, 5.41) is 15.0. The molecule has 8 nitrogen and oxygen atoms in total. The number of hydrogen-bond donors (Lipinski definition) is 1. The summed E-state index contributed by atoms with van der Waals surface area (Å²) in [6, 6.07) is 15.1. The molecule has 8 heteroatoms. The molecule has 4 aromatic rings. The number of rotatable bonds is 4. The molecule has 4 rings (SSSR count). The zero-order valence-corrected chi connectivity index (χ0v) is 13.4. The second-order valence-corrected chi connectivity index (χ2v) is 5.44. The number of fused-ring (bicyclic) bond motifs is 3. The molecule has 0 aliphatic carbocycles. The van der Waals surface area contributed by atoms with Crippen LogP contribution >= 0.6 is 0 Å². The van der Waals surface area contributed by atoms with Gasteiger partial charge >= 0.3 is 5.97 Å². The SMILES string of the molecule is COC(=O)Cc1ccc(Nc2nc3ccccc3n3nnnc23)cc1. The molecule has 0 aliphatic heterocycles. The van der Waals surface area contributed by atoms with Crippen LogP contribution in [-0.2, 0) is 16.0 Å². The van der Waals surface area contributed by atoms with Gasteiger partial charge in [0.2, 0.25) is 5.65 Å². The van der Waals surface area contributed by atoms with E-state index in [9.17, 15) is 4.79 Å². The smallest absolute Gasteiger partial charge is 0.309 e. The highest BCUT2D eigenvalue weighted by Gasteiger charge is 2.11. The predicted molar refractivity (Wildman–Crippen MR) is 91.5 cm³/mol. The Balaban J connectivity index is 1.68. The molecule has 0 aliphatic rings. The van der Waals surface area contributed by atoms with Gasteiger partial charge in [-0.25, -0.2) is 4.98 Å². The molecule has 124 valence electrons. The maximum absolute atomic E-state index is 11.3. The fourth-order valence-electron chi connectivity index (χ4n) is 2.57. The number of para-hydroxylation sites is 2. The monoisotopic (exact) mass is 334 g/mol. The van der Waals surface area contributed by atoms with E-state index in [1.165, 1.54) is 7.11 Å². The van der Waals surface area contributed by atoms with Crippen molar-refractivity contribution in [2.24, 2.45) is 0 Å². The van der Waals surface area contributed by atoms with Gasteiger partial charge in [0, 0.05) is 5.69 Å². The first-order valence-electron chi connectivity index (χ1n) is 7.64. The van der Waals surface area contributed by atoms with Crippen LogP contribution in [0, 0.1) is 0 Å². The average Bonchev–Trinajstić information content (AvgIpc) is 3.14. The number of tetrazole rings is 1. The highest BCUT2D eigenvalue weighted by molar-refractivity contribution is 5.83. The number of esters is 1. The van der Waals surface area contributed by atoms with Crippen molar-refractivity contribution in [1.82, 2.24) is 25.0 Å². The first-order valence-corrected chi connectivity index (χ1v) is 7.64. The zero-order chi connectivity index (χ0) is 17.2. The number of benzene rings is 2. The van der Waals surface area contributed by atoms with Crippen LogP contribution in [0.1, 0.15) is 5.56 Å². The van der Waals surface area contributed by atoms with E-state index in [0.717, 1.165) is 22.3 Å². The zero-order valence-electron chi connectivity index (χ0n) is 13.4. The second kappa shape index (κ2) is 6.16. The minimum Gasteiger partial charge on any atom is -0.469 e. The van der Waals surface area contributed by atoms with Crippen molar-refractivity contribution < 1.29 is 9.53 Å². The normalized spacial score (nSPS) is 10.9. The van der Waals surface area contributed by atoms with Crippen LogP contribution in [0.4, 0.5) is 11.5 Å². The van der Waals surface area contributed by atoms with E-state index in [-0.39, 0.29) is 12.4 Å². The molecule has 0 atom stereocenters. The summed E-state index contributed by atoms with van der Waals surface area (Å²) in [6.45, 7) is 0. The van der Waals surface area contributed by atoms with Crippen LogP contribution in [0.15, 0.2) is 48.5 Å². The maximum Gasteiger partial charge on any atom is 0.309 e. The van der Waals surface area contributed by atoms with Crippen LogP contribution in [0.5, 0.6) is 0 Å². The Bertz CT molecular complexity index is 1060. The lowest BCUT2D eigenvalue weighted by atomic mass is 10.1. The number of aromatic nitrogens is 5. The standard InChI is InChI=1S/C17H14N6O2/c1-25-15(24)10-11-6-8-12(9-7-11)18-16-17-20-21-22-23(17)14-5-3-2-4-13(14)19-16/h2-9H,10H2,1H3,(H,18,19). The molecule has 25 heavy (non-hydrogen) atoms. The molecular weight excluding hydrogens is 320 g/mol. The molecule has 2 aromatic carbocycles. The van der Waals surface area contributed by atoms with Crippen LogP contribution in [0.25, 0.3) is 16.7 Å². The molecule has 0 amide bonds. The molecule has 0 fully saturated rings. The van der Waals surface area contributed by atoms with Gasteiger partial charge in [0.25, 0.3) is 0 Å². The number of carbonyl (C=O) groups is 1. The van der Waals surface area contributed by atoms with Crippen LogP contribution < -0.4 is 5.32 Å². The minimum absolute atomic E-state index is 0.239. The van der Waals surface area contributed by atoms with Gasteiger partial charge < -0.3 is 10.1 Å². The molecule has 0 bridgehead atoms. The largest absolute Gasteiger partial charge is 0.469 e. The van der Waals surface area contributed by atoms with Crippen molar-refractivity contribution in [2.75, 3.05) is 12.4 Å². The topological polar surface area (TPSA) is 94.3 Å². The van der Waals surface area contributed by atoms with E-state index in [1.807, 2.05) is 48.5 Å². The maximum atomic E-state index is 11.3. The van der Waals surface area contributed by atoms with Gasteiger partial charge in [0.15, 0.2) is 5.82 Å². The Morgan fingerprint density at radius 3 is 2.76 bits per heavy atom. The van der Waals surface area contributed by atoms with E-state index >= 15 is 0 Å². The molecule has 0 radical (unpaired) electrons. The molecule has 0 unspecified atom stereocenters. The lowest BCUT2D eigenvalue weighted by molar-refractivity contribution is -0.139. The van der Waals surface area contributed by atoms with Crippen molar-refractivity contribution in [3.8, 4) is 0 Å². The third kappa shape index (κ3) is 2.85. The summed E-state index contributed by atoms with van der Waals surface area (Å²) in [6.07, 6.45) is 0.239. The van der Waals surface area contributed by atoms with Crippen molar-refractivity contribution in [2.45, 2.75) is 6.42 Å². The fourth-order valence-corrected chi connectivity index (χ4v) is 2.57. The van der Waals surface area contributed by atoms with Crippen molar-refractivity contribution in [3.63, 3.8) is 0 Å². The van der Waals surface area contributed by atoms with E-state index in [4.69, 9.17) is 0 Å². The summed E-state index contributed by atoms with van der Waals surface area (Å²) in [5.41, 5.74) is 3.85. The summed E-state index contributed by atoms with van der Waals surface area (Å²) in [7, 11) is 1.38. The molecule has 2 heterocycles. The van der Waals surface area contributed by atoms with Crippen molar-refractivity contribution in [3.05, 3.63) is 54.1 Å². The van der Waals surface area contributed by atoms with Crippen LogP contribution in [0.2, 0.25) is 0 Å². The quantitative estimate of drug-likeness (QED) is 0.571. The van der Waals surface area contributed by atoms with Gasteiger partial charge in [-0.2, -0.15) is 4.52 Å². The highest BCUT2D eigenvalue weighted by Crippen LogP contribution is 2.22. The summed E-state index contributed by atoms with van der Waals surface area (Å²) in [5.74, 6) is 0.289. The lowest BCUT2D eigenvalue weighted by Gasteiger charge is -2.09.